The molecule has 0 fully saturated rings. The van der Waals surface area contributed by atoms with Crippen molar-refractivity contribution in [1.29, 1.82) is 5.26 Å². The molecular formula is C14H13FN4. The molecule has 19 heavy (non-hydrogen) atoms. The number of halogens is 1. The maximum Gasteiger partial charge on any atom is 0.180 e. The van der Waals surface area contributed by atoms with Crippen LogP contribution in [0.2, 0.25) is 0 Å². The number of benzene rings is 1. The maximum absolute atomic E-state index is 14.0. The van der Waals surface area contributed by atoms with Crippen LogP contribution in [0.3, 0.4) is 0 Å². The third kappa shape index (κ3) is 1.76. The maximum atomic E-state index is 14.0. The molecule has 0 radical (unpaired) electrons. The van der Waals surface area contributed by atoms with Gasteiger partial charge in [0.1, 0.15) is 5.82 Å². The van der Waals surface area contributed by atoms with E-state index in [-0.39, 0.29) is 5.82 Å². The van der Waals surface area contributed by atoms with Gasteiger partial charge in [0.05, 0.1) is 24.5 Å². The smallest absolute Gasteiger partial charge is 0.180 e. The lowest BCUT2D eigenvalue weighted by molar-refractivity contribution is 0.409. The molecule has 1 aromatic heterocycles. The monoisotopic (exact) mass is 256 g/mol. The van der Waals surface area contributed by atoms with E-state index in [4.69, 9.17) is 5.26 Å². The van der Waals surface area contributed by atoms with Crippen LogP contribution in [-0.2, 0) is 20.1 Å². The topological polar surface area (TPSA) is 44.9 Å². The normalized spacial score (nSPS) is 13.5. The van der Waals surface area contributed by atoms with Gasteiger partial charge < -0.3 is 0 Å². The van der Waals surface area contributed by atoms with Crippen molar-refractivity contribution in [2.24, 2.45) is 7.05 Å². The highest BCUT2D eigenvalue weighted by Crippen LogP contribution is 2.33. The summed E-state index contributed by atoms with van der Waals surface area (Å²) in [7, 11) is 1.81. The molecule has 2 aromatic rings. The molecule has 0 bridgehead atoms. The average Bonchev–Trinajstić information content (AvgIpc) is 2.88. The first kappa shape index (κ1) is 11.7. The molecule has 0 unspecified atom stereocenters. The Kier molecular flexibility index (Phi) is 2.53. The first-order chi connectivity index (χ1) is 9.10. The molecule has 1 aromatic carbocycles. The molecule has 0 saturated heterocycles. The molecule has 96 valence electrons. The Labute approximate surface area is 110 Å². The SMILES string of the molecule is Cc1ccc(F)c(-c2c3c(nn2C)CN(C#N)C3)c1. The molecule has 0 spiro atoms. The van der Waals surface area contributed by atoms with E-state index in [0.29, 0.717) is 18.7 Å². The van der Waals surface area contributed by atoms with E-state index < -0.39 is 0 Å². The van der Waals surface area contributed by atoms with E-state index in [1.807, 2.05) is 20.0 Å². The highest BCUT2D eigenvalue weighted by atomic mass is 19.1. The van der Waals surface area contributed by atoms with E-state index in [1.54, 1.807) is 15.6 Å². The van der Waals surface area contributed by atoms with E-state index in [2.05, 4.69) is 11.3 Å². The molecule has 0 aliphatic carbocycles. The van der Waals surface area contributed by atoms with Crippen molar-refractivity contribution in [1.82, 2.24) is 14.7 Å². The zero-order valence-corrected chi connectivity index (χ0v) is 10.8. The number of nitrogens with zero attached hydrogens (tertiary/aromatic N) is 4. The average molecular weight is 256 g/mol. The lowest BCUT2D eigenvalue weighted by Crippen LogP contribution is -2.10. The summed E-state index contributed by atoms with van der Waals surface area (Å²) < 4.78 is 15.7. The van der Waals surface area contributed by atoms with Crippen molar-refractivity contribution in [2.45, 2.75) is 20.0 Å². The molecule has 2 heterocycles. The quantitative estimate of drug-likeness (QED) is 0.736. The zero-order valence-electron chi connectivity index (χ0n) is 10.8. The van der Waals surface area contributed by atoms with Gasteiger partial charge in [0.15, 0.2) is 6.19 Å². The van der Waals surface area contributed by atoms with Crippen molar-refractivity contribution < 1.29 is 4.39 Å². The van der Waals surface area contributed by atoms with Crippen molar-refractivity contribution in [3.05, 3.63) is 40.8 Å². The van der Waals surface area contributed by atoms with Crippen molar-refractivity contribution >= 4 is 0 Å². The van der Waals surface area contributed by atoms with Crippen LogP contribution in [0, 0.1) is 24.2 Å². The van der Waals surface area contributed by atoms with E-state index in [1.165, 1.54) is 6.07 Å². The van der Waals surface area contributed by atoms with Crippen LogP contribution >= 0.6 is 0 Å². The zero-order chi connectivity index (χ0) is 13.6. The van der Waals surface area contributed by atoms with Crippen LogP contribution in [-0.4, -0.2) is 14.7 Å². The third-order valence-electron chi connectivity index (χ3n) is 3.44. The molecule has 5 heteroatoms. The summed E-state index contributed by atoms with van der Waals surface area (Å²) in [6.45, 7) is 2.94. The number of fused-ring (bicyclic) bond motifs is 1. The summed E-state index contributed by atoms with van der Waals surface area (Å²) in [6.07, 6.45) is 2.11. The summed E-state index contributed by atoms with van der Waals surface area (Å²) in [5, 5.41) is 13.3. The van der Waals surface area contributed by atoms with Crippen LogP contribution in [0.15, 0.2) is 18.2 Å². The first-order valence-electron chi connectivity index (χ1n) is 6.06. The largest absolute Gasteiger partial charge is 0.300 e. The Hall–Kier alpha value is -2.35. The number of hydrogen-bond acceptors (Lipinski definition) is 3. The Morgan fingerprint density at radius 3 is 2.89 bits per heavy atom. The van der Waals surface area contributed by atoms with Gasteiger partial charge in [0, 0.05) is 18.2 Å². The number of rotatable bonds is 1. The van der Waals surface area contributed by atoms with Gasteiger partial charge in [-0.1, -0.05) is 11.6 Å². The number of nitriles is 1. The Morgan fingerprint density at radius 2 is 2.16 bits per heavy atom. The van der Waals surface area contributed by atoms with Crippen molar-refractivity contribution in [3.8, 4) is 17.5 Å². The Bertz CT molecular complexity index is 696. The van der Waals surface area contributed by atoms with E-state index in [0.717, 1.165) is 22.5 Å². The lowest BCUT2D eigenvalue weighted by Gasteiger charge is -2.10. The second-order valence-corrected chi connectivity index (χ2v) is 4.84. The van der Waals surface area contributed by atoms with Crippen molar-refractivity contribution in [3.63, 3.8) is 0 Å². The van der Waals surface area contributed by atoms with Crippen LogP contribution in [0.1, 0.15) is 16.8 Å². The molecule has 3 rings (SSSR count). The Balaban J connectivity index is 2.17. The number of aryl methyl sites for hydroxylation is 2. The minimum absolute atomic E-state index is 0.258. The molecule has 0 N–H and O–H groups in total. The van der Waals surface area contributed by atoms with Gasteiger partial charge in [0.25, 0.3) is 0 Å². The van der Waals surface area contributed by atoms with E-state index in [9.17, 15) is 4.39 Å². The highest BCUT2D eigenvalue weighted by molar-refractivity contribution is 5.67. The van der Waals surface area contributed by atoms with Gasteiger partial charge in [-0.25, -0.2) is 4.39 Å². The summed E-state index contributed by atoms with van der Waals surface area (Å²) in [6, 6.07) is 5.04. The van der Waals surface area contributed by atoms with Crippen LogP contribution < -0.4 is 0 Å². The fourth-order valence-electron chi connectivity index (χ4n) is 2.57. The van der Waals surface area contributed by atoms with Gasteiger partial charge in [-0.15, -0.1) is 0 Å². The molecule has 4 nitrogen and oxygen atoms in total. The summed E-state index contributed by atoms with van der Waals surface area (Å²) in [5.74, 6) is -0.258. The standard InChI is InChI=1S/C14H13FN4/c1-9-3-4-12(15)10(5-9)14-11-6-19(8-16)7-13(11)17-18(14)2/h3-5H,6-7H2,1-2H3. The molecule has 0 saturated carbocycles. The minimum atomic E-state index is -0.258. The molecular weight excluding hydrogens is 243 g/mol. The van der Waals surface area contributed by atoms with Gasteiger partial charge in [-0.3, -0.25) is 9.58 Å². The van der Waals surface area contributed by atoms with E-state index >= 15 is 0 Å². The number of hydrogen-bond donors (Lipinski definition) is 0. The fourth-order valence-corrected chi connectivity index (χ4v) is 2.57. The van der Waals surface area contributed by atoms with Gasteiger partial charge in [0.2, 0.25) is 0 Å². The van der Waals surface area contributed by atoms with Crippen LogP contribution in [0.5, 0.6) is 0 Å². The second-order valence-electron chi connectivity index (χ2n) is 4.84. The van der Waals surface area contributed by atoms with Gasteiger partial charge in [-0.05, 0) is 19.1 Å². The Morgan fingerprint density at radius 1 is 1.37 bits per heavy atom. The summed E-state index contributed by atoms with van der Waals surface area (Å²) >= 11 is 0. The molecule has 1 aliphatic rings. The lowest BCUT2D eigenvalue weighted by atomic mass is 10.0. The van der Waals surface area contributed by atoms with Crippen molar-refractivity contribution in [2.75, 3.05) is 0 Å². The predicted octanol–water partition coefficient (Wildman–Crippen LogP) is 2.33. The van der Waals surface area contributed by atoms with Gasteiger partial charge >= 0.3 is 0 Å². The molecule has 1 aliphatic heterocycles. The molecule has 0 amide bonds. The minimum Gasteiger partial charge on any atom is -0.300 e. The summed E-state index contributed by atoms with van der Waals surface area (Å²) in [4.78, 5) is 1.62. The fraction of sp³-hybridized carbons (Fsp3) is 0.286. The molecule has 0 atom stereocenters. The highest BCUT2D eigenvalue weighted by Gasteiger charge is 2.27. The summed E-state index contributed by atoms with van der Waals surface area (Å²) in [5.41, 5.74) is 4.14. The van der Waals surface area contributed by atoms with Crippen LogP contribution in [0.4, 0.5) is 4.39 Å². The third-order valence-corrected chi connectivity index (χ3v) is 3.44. The van der Waals surface area contributed by atoms with Gasteiger partial charge in [-0.2, -0.15) is 10.4 Å². The predicted molar refractivity (Wildman–Crippen MR) is 68.2 cm³/mol. The number of aromatic nitrogens is 2. The van der Waals surface area contributed by atoms with Crippen LogP contribution in [0.25, 0.3) is 11.3 Å². The first-order valence-corrected chi connectivity index (χ1v) is 6.06. The second kappa shape index (κ2) is 4.09.